The molecular weight excluding hydrogens is 217 g/mol. The maximum Gasteiger partial charge on any atom is 0.151 e. The van der Waals surface area contributed by atoms with Gasteiger partial charge >= 0.3 is 0 Å². The highest BCUT2D eigenvalue weighted by molar-refractivity contribution is 9.10. The van der Waals surface area contributed by atoms with Gasteiger partial charge in [0, 0.05) is 11.8 Å². The molecule has 10 heavy (non-hydrogen) atoms. The molecule has 0 spiro atoms. The summed E-state index contributed by atoms with van der Waals surface area (Å²) in [5, 5.41) is 0.366. The predicted octanol–water partition coefficient (Wildman–Crippen LogP) is 2.31. The van der Waals surface area contributed by atoms with E-state index in [9.17, 15) is 4.79 Å². The minimum absolute atomic E-state index is 0.366. The van der Waals surface area contributed by atoms with E-state index in [-0.39, 0.29) is 0 Å². The number of pyridine rings is 1. The summed E-state index contributed by atoms with van der Waals surface area (Å²) in [7, 11) is 0. The zero-order valence-corrected chi connectivity index (χ0v) is 7.19. The highest BCUT2D eigenvalue weighted by Crippen LogP contribution is 2.19. The SMILES string of the molecule is O=Cc1cnc(Cl)c(Br)c1. The van der Waals surface area contributed by atoms with E-state index in [1.807, 2.05) is 0 Å². The van der Waals surface area contributed by atoms with Gasteiger partial charge in [-0.25, -0.2) is 4.98 Å². The normalized spacial score (nSPS) is 9.40. The van der Waals surface area contributed by atoms with E-state index in [0.717, 1.165) is 0 Å². The summed E-state index contributed by atoms with van der Waals surface area (Å²) in [6, 6.07) is 1.61. The smallest absolute Gasteiger partial charge is 0.151 e. The van der Waals surface area contributed by atoms with Crippen molar-refractivity contribution < 1.29 is 4.79 Å². The Morgan fingerprint density at radius 3 is 2.90 bits per heavy atom. The van der Waals surface area contributed by atoms with Gasteiger partial charge in [-0.3, -0.25) is 4.79 Å². The highest BCUT2D eigenvalue weighted by Gasteiger charge is 1.97. The Hall–Kier alpha value is -0.410. The summed E-state index contributed by atoms with van der Waals surface area (Å²) in [5.74, 6) is 0. The first-order valence-electron chi connectivity index (χ1n) is 2.50. The summed E-state index contributed by atoms with van der Waals surface area (Å²) in [6.45, 7) is 0. The molecule has 52 valence electrons. The molecule has 0 amide bonds. The van der Waals surface area contributed by atoms with Gasteiger partial charge in [-0.2, -0.15) is 0 Å². The minimum Gasteiger partial charge on any atom is -0.298 e. The summed E-state index contributed by atoms with van der Waals surface area (Å²) < 4.78 is 0.638. The molecule has 0 bridgehead atoms. The van der Waals surface area contributed by atoms with Crippen molar-refractivity contribution in [2.24, 2.45) is 0 Å². The van der Waals surface area contributed by atoms with Gasteiger partial charge < -0.3 is 0 Å². The lowest BCUT2D eigenvalue weighted by Gasteiger charge is -1.93. The molecule has 2 nitrogen and oxygen atoms in total. The van der Waals surface area contributed by atoms with Crippen molar-refractivity contribution in [3.63, 3.8) is 0 Å². The first-order valence-corrected chi connectivity index (χ1v) is 3.67. The van der Waals surface area contributed by atoms with E-state index in [4.69, 9.17) is 11.6 Å². The maximum absolute atomic E-state index is 10.2. The Morgan fingerprint density at radius 2 is 2.40 bits per heavy atom. The lowest BCUT2D eigenvalue weighted by atomic mass is 10.3. The third-order valence-electron chi connectivity index (χ3n) is 0.954. The van der Waals surface area contributed by atoms with Gasteiger partial charge in [-0.1, -0.05) is 11.6 Å². The van der Waals surface area contributed by atoms with Crippen LogP contribution in [0.3, 0.4) is 0 Å². The number of aldehydes is 1. The first kappa shape index (κ1) is 7.69. The second-order valence-electron chi connectivity index (χ2n) is 1.66. The van der Waals surface area contributed by atoms with E-state index >= 15 is 0 Å². The van der Waals surface area contributed by atoms with Crippen LogP contribution in [0.4, 0.5) is 0 Å². The fourth-order valence-corrected chi connectivity index (χ4v) is 0.971. The second-order valence-corrected chi connectivity index (χ2v) is 2.87. The quantitative estimate of drug-likeness (QED) is 0.537. The van der Waals surface area contributed by atoms with Crippen molar-refractivity contribution in [2.45, 2.75) is 0 Å². The number of rotatable bonds is 1. The van der Waals surface area contributed by atoms with Crippen LogP contribution in [0.25, 0.3) is 0 Å². The van der Waals surface area contributed by atoms with Crippen molar-refractivity contribution in [3.05, 3.63) is 27.5 Å². The fraction of sp³-hybridized carbons (Fsp3) is 0. The topological polar surface area (TPSA) is 30.0 Å². The van der Waals surface area contributed by atoms with Crippen LogP contribution in [-0.2, 0) is 0 Å². The molecule has 1 aromatic heterocycles. The van der Waals surface area contributed by atoms with Crippen molar-refractivity contribution in [3.8, 4) is 0 Å². The van der Waals surface area contributed by atoms with E-state index < -0.39 is 0 Å². The van der Waals surface area contributed by atoms with Crippen LogP contribution < -0.4 is 0 Å². The van der Waals surface area contributed by atoms with Gasteiger partial charge in [0.25, 0.3) is 0 Å². The van der Waals surface area contributed by atoms with Crippen molar-refractivity contribution in [1.82, 2.24) is 4.98 Å². The second kappa shape index (κ2) is 3.12. The Morgan fingerprint density at radius 1 is 1.70 bits per heavy atom. The molecule has 0 aromatic carbocycles. The number of hydrogen-bond acceptors (Lipinski definition) is 2. The first-order chi connectivity index (χ1) is 4.74. The van der Waals surface area contributed by atoms with Crippen LogP contribution in [0.5, 0.6) is 0 Å². The van der Waals surface area contributed by atoms with Crippen LogP contribution in [0.2, 0.25) is 5.15 Å². The number of aromatic nitrogens is 1. The highest BCUT2D eigenvalue weighted by atomic mass is 79.9. The van der Waals surface area contributed by atoms with E-state index in [1.165, 1.54) is 6.20 Å². The van der Waals surface area contributed by atoms with Gasteiger partial charge in [0.2, 0.25) is 0 Å². The Balaban J connectivity index is 3.16. The monoisotopic (exact) mass is 219 g/mol. The molecule has 0 atom stereocenters. The van der Waals surface area contributed by atoms with E-state index in [0.29, 0.717) is 21.5 Å². The largest absolute Gasteiger partial charge is 0.298 e. The molecule has 0 aliphatic rings. The van der Waals surface area contributed by atoms with Gasteiger partial charge in [0.15, 0.2) is 6.29 Å². The molecule has 1 aromatic rings. The number of nitrogens with zero attached hydrogens (tertiary/aromatic N) is 1. The molecule has 4 heteroatoms. The molecule has 0 N–H and O–H groups in total. The average molecular weight is 220 g/mol. The van der Waals surface area contributed by atoms with Crippen LogP contribution in [-0.4, -0.2) is 11.3 Å². The van der Waals surface area contributed by atoms with Crippen LogP contribution in [0, 0.1) is 0 Å². The number of carbonyl (C=O) groups excluding carboxylic acids is 1. The Labute approximate surface area is 71.3 Å². The van der Waals surface area contributed by atoms with Crippen molar-refractivity contribution >= 4 is 33.8 Å². The van der Waals surface area contributed by atoms with Crippen molar-refractivity contribution in [1.29, 1.82) is 0 Å². The molecule has 0 aliphatic heterocycles. The lowest BCUT2D eigenvalue weighted by Crippen LogP contribution is -1.82. The summed E-state index contributed by atoms with van der Waals surface area (Å²) in [5.41, 5.74) is 0.510. The molecule has 1 rings (SSSR count). The van der Waals surface area contributed by atoms with Gasteiger partial charge in [-0.15, -0.1) is 0 Å². The molecule has 0 aliphatic carbocycles. The van der Waals surface area contributed by atoms with Gasteiger partial charge in [0.1, 0.15) is 5.15 Å². The number of halogens is 2. The van der Waals surface area contributed by atoms with Crippen molar-refractivity contribution in [2.75, 3.05) is 0 Å². The van der Waals surface area contributed by atoms with Crippen LogP contribution >= 0.6 is 27.5 Å². The Kier molecular flexibility index (Phi) is 2.40. The third kappa shape index (κ3) is 1.55. The molecular formula is C6H3BrClNO. The predicted molar refractivity (Wildman–Crippen MR) is 42.3 cm³/mol. The lowest BCUT2D eigenvalue weighted by molar-refractivity contribution is 0.112. The minimum atomic E-state index is 0.366. The van der Waals surface area contributed by atoms with Gasteiger partial charge in [0.05, 0.1) is 4.47 Å². The van der Waals surface area contributed by atoms with Crippen LogP contribution in [0.1, 0.15) is 10.4 Å². The molecule has 0 saturated carbocycles. The summed E-state index contributed by atoms with van der Waals surface area (Å²) in [6.07, 6.45) is 2.13. The third-order valence-corrected chi connectivity index (χ3v) is 2.09. The Bertz CT molecular complexity index is 264. The zero-order valence-electron chi connectivity index (χ0n) is 4.84. The van der Waals surface area contributed by atoms with Crippen LogP contribution in [0.15, 0.2) is 16.7 Å². The maximum atomic E-state index is 10.2. The fourth-order valence-electron chi connectivity index (χ4n) is 0.500. The van der Waals surface area contributed by atoms with E-state index in [2.05, 4.69) is 20.9 Å². The molecule has 1 heterocycles. The molecule has 0 saturated heterocycles. The average Bonchev–Trinajstić information content (AvgIpc) is 1.95. The number of hydrogen-bond donors (Lipinski definition) is 0. The number of carbonyl (C=O) groups is 1. The summed E-state index contributed by atoms with van der Waals surface area (Å²) in [4.78, 5) is 13.9. The zero-order chi connectivity index (χ0) is 7.56. The molecule has 0 unspecified atom stereocenters. The molecule has 0 radical (unpaired) electrons. The molecule has 0 fully saturated rings. The standard InChI is InChI=1S/C6H3BrClNO/c7-5-1-4(3-10)2-9-6(5)8/h1-3H. The summed E-state index contributed by atoms with van der Waals surface area (Å²) >= 11 is 8.70. The van der Waals surface area contributed by atoms with Gasteiger partial charge in [-0.05, 0) is 22.0 Å². The van der Waals surface area contributed by atoms with E-state index in [1.54, 1.807) is 6.07 Å².